The second-order valence-electron chi connectivity index (χ2n) is 6.63. The third-order valence-corrected chi connectivity index (χ3v) is 4.74. The topological polar surface area (TPSA) is 52.8 Å². The predicted octanol–water partition coefficient (Wildman–Crippen LogP) is 5.06. The van der Waals surface area contributed by atoms with Crippen LogP contribution in [-0.2, 0) is 6.61 Å². The molecule has 0 saturated heterocycles. The predicted molar refractivity (Wildman–Crippen MR) is 113 cm³/mol. The fourth-order valence-corrected chi connectivity index (χ4v) is 3.28. The van der Waals surface area contributed by atoms with E-state index in [0.717, 1.165) is 39.4 Å². The van der Waals surface area contributed by atoms with Gasteiger partial charge in [0.2, 0.25) is 0 Å². The smallest absolute Gasteiger partial charge is 0.144 e. The molecule has 0 aliphatic heterocycles. The monoisotopic (exact) mass is 378 g/mol. The Hall–Kier alpha value is -3.99. The van der Waals surface area contributed by atoms with Crippen molar-refractivity contribution in [2.75, 3.05) is 0 Å². The number of hydrogen-bond donors (Lipinski definition) is 0. The molecular formula is C24H18N4O. The Kier molecular flexibility index (Phi) is 4.47. The summed E-state index contributed by atoms with van der Waals surface area (Å²) in [6, 6.07) is 24.0. The number of aromatic nitrogens is 4. The highest BCUT2D eigenvalue weighted by Gasteiger charge is 2.08. The van der Waals surface area contributed by atoms with Gasteiger partial charge >= 0.3 is 0 Å². The number of benzene rings is 2. The fourth-order valence-electron chi connectivity index (χ4n) is 3.28. The summed E-state index contributed by atoms with van der Waals surface area (Å²) in [5.41, 5.74) is 3.92. The Morgan fingerprint density at radius 1 is 0.793 bits per heavy atom. The molecule has 0 radical (unpaired) electrons. The van der Waals surface area contributed by atoms with Crippen LogP contribution in [0.4, 0.5) is 0 Å². The summed E-state index contributed by atoms with van der Waals surface area (Å²) in [5, 5.41) is 1.13. The molecule has 0 aliphatic carbocycles. The molecule has 0 spiro atoms. The van der Waals surface area contributed by atoms with Crippen LogP contribution in [0.1, 0.15) is 5.69 Å². The minimum absolute atomic E-state index is 0.428. The summed E-state index contributed by atoms with van der Waals surface area (Å²) >= 11 is 0. The van der Waals surface area contributed by atoms with Gasteiger partial charge in [-0.3, -0.25) is 9.55 Å². The van der Waals surface area contributed by atoms with E-state index >= 15 is 0 Å². The number of fused-ring (bicyclic) bond motifs is 1. The van der Waals surface area contributed by atoms with Gasteiger partial charge in [0.25, 0.3) is 0 Å². The summed E-state index contributed by atoms with van der Waals surface area (Å²) in [6.45, 7) is 0.428. The lowest BCUT2D eigenvalue weighted by Crippen LogP contribution is -1.99. The minimum Gasteiger partial charge on any atom is -0.487 e. The van der Waals surface area contributed by atoms with Gasteiger partial charge in [0.05, 0.1) is 11.2 Å². The van der Waals surface area contributed by atoms with Crippen LogP contribution in [0.2, 0.25) is 0 Å². The maximum Gasteiger partial charge on any atom is 0.144 e. The lowest BCUT2D eigenvalue weighted by Gasteiger charge is -2.10. The molecule has 0 bridgehead atoms. The number of rotatable bonds is 5. The molecule has 0 unspecified atom stereocenters. The summed E-state index contributed by atoms with van der Waals surface area (Å²) < 4.78 is 7.98. The maximum atomic E-state index is 5.93. The quantitative estimate of drug-likeness (QED) is 0.429. The van der Waals surface area contributed by atoms with E-state index in [1.807, 2.05) is 71.4 Å². The average molecular weight is 378 g/mol. The highest BCUT2D eigenvalue weighted by atomic mass is 16.5. The molecule has 5 aromatic rings. The van der Waals surface area contributed by atoms with Crippen LogP contribution >= 0.6 is 0 Å². The van der Waals surface area contributed by atoms with Crippen LogP contribution in [0.15, 0.2) is 97.6 Å². The Morgan fingerprint density at radius 2 is 1.62 bits per heavy atom. The average Bonchev–Trinajstić information content (AvgIpc) is 3.28. The third-order valence-electron chi connectivity index (χ3n) is 4.74. The van der Waals surface area contributed by atoms with Crippen molar-refractivity contribution in [3.05, 3.63) is 103 Å². The van der Waals surface area contributed by atoms with Crippen molar-refractivity contribution in [2.24, 2.45) is 0 Å². The first-order chi connectivity index (χ1) is 14.4. The van der Waals surface area contributed by atoms with Gasteiger partial charge in [-0.1, -0.05) is 24.3 Å². The Labute approximate surface area is 168 Å². The molecular weight excluding hydrogens is 360 g/mol. The molecule has 5 heteroatoms. The van der Waals surface area contributed by atoms with Crippen LogP contribution < -0.4 is 4.74 Å². The largest absolute Gasteiger partial charge is 0.487 e. The first kappa shape index (κ1) is 17.1. The van der Waals surface area contributed by atoms with E-state index in [1.54, 1.807) is 18.6 Å². The van der Waals surface area contributed by atoms with Crippen LogP contribution in [-0.4, -0.2) is 19.5 Å². The van der Waals surface area contributed by atoms with Crippen molar-refractivity contribution in [3.8, 4) is 22.8 Å². The van der Waals surface area contributed by atoms with Crippen LogP contribution in [0.3, 0.4) is 0 Å². The first-order valence-electron chi connectivity index (χ1n) is 9.38. The molecule has 0 atom stereocenters. The van der Waals surface area contributed by atoms with Gasteiger partial charge < -0.3 is 4.74 Å². The number of pyridine rings is 2. The van der Waals surface area contributed by atoms with E-state index in [9.17, 15) is 0 Å². The highest BCUT2D eigenvalue weighted by Crippen LogP contribution is 2.23. The molecule has 5 nitrogen and oxygen atoms in total. The maximum absolute atomic E-state index is 5.93. The Morgan fingerprint density at radius 3 is 2.48 bits per heavy atom. The number of nitrogens with zero attached hydrogens (tertiary/aromatic N) is 4. The van der Waals surface area contributed by atoms with Crippen molar-refractivity contribution in [3.63, 3.8) is 0 Å². The van der Waals surface area contributed by atoms with E-state index in [2.05, 4.69) is 27.1 Å². The zero-order chi connectivity index (χ0) is 19.5. The van der Waals surface area contributed by atoms with Gasteiger partial charge in [0.1, 0.15) is 18.2 Å². The van der Waals surface area contributed by atoms with E-state index in [-0.39, 0.29) is 0 Å². The molecule has 3 aromatic heterocycles. The Balaban J connectivity index is 1.32. The minimum atomic E-state index is 0.428. The molecule has 3 heterocycles. The standard InChI is InChI=1S/C24H18N4O/c1-2-4-23-18(3-1)5-6-20(27-23)17-29-22-9-7-21(8-10-22)28-16-15-26-24(28)19-11-13-25-14-12-19/h1-16H,17H2. The van der Waals surface area contributed by atoms with Gasteiger partial charge in [0.15, 0.2) is 0 Å². The summed E-state index contributed by atoms with van der Waals surface area (Å²) in [7, 11) is 0. The second-order valence-corrected chi connectivity index (χ2v) is 6.63. The molecule has 0 fully saturated rings. The SMILES string of the molecule is c1ccc2nc(COc3ccc(-n4ccnc4-c4ccncc4)cc3)ccc2c1. The van der Waals surface area contributed by atoms with Gasteiger partial charge in [-0.2, -0.15) is 0 Å². The van der Waals surface area contributed by atoms with E-state index in [1.165, 1.54) is 0 Å². The fraction of sp³-hybridized carbons (Fsp3) is 0.0417. The van der Waals surface area contributed by atoms with Crippen LogP contribution in [0, 0.1) is 0 Å². The number of imidazole rings is 1. The zero-order valence-corrected chi connectivity index (χ0v) is 15.6. The van der Waals surface area contributed by atoms with Gasteiger partial charge in [-0.15, -0.1) is 0 Å². The molecule has 0 amide bonds. The summed E-state index contributed by atoms with van der Waals surface area (Å²) in [5.74, 6) is 1.68. The lowest BCUT2D eigenvalue weighted by atomic mass is 10.2. The third kappa shape index (κ3) is 3.58. The van der Waals surface area contributed by atoms with Gasteiger partial charge in [0, 0.05) is 41.4 Å². The van der Waals surface area contributed by atoms with Crippen LogP contribution in [0.5, 0.6) is 5.75 Å². The zero-order valence-electron chi connectivity index (χ0n) is 15.6. The molecule has 29 heavy (non-hydrogen) atoms. The van der Waals surface area contributed by atoms with Crippen molar-refractivity contribution in [1.29, 1.82) is 0 Å². The van der Waals surface area contributed by atoms with Crippen molar-refractivity contribution in [1.82, 2.24) is 19.5 Å². The summed E-state index contributed by atoms with van der Waals surface area (Å²) in [6.07, 6.45) is 7.29. The molecule has 140 valence electrons. The van der Waals surface area contributed by atoms with Crippen LogP contribution in [0.25, 0.3) is 28.0 Å². The molecule has 0 saturated carbocycles. The molecule has 2 aromatic carbocycles. The second kappa shape index (κ2) is 7.56. The van der Waals surface area contributed by atoms with Gasteiger partial charge in [-0.25, -0.2) is 9.97 Å². The first-order valence-corrected chi connectivity index (χ1v) is 9.38. The number of ether oxygens (including phenoxy) is 1. The Bertz CT molecular complexity index is 1250. The lowest BCUT2D eigenvalue weighted by molar-refractivity contribution is 0.302. The van der Waals surface area contributed by atoms with Crippen molar-refractivity contribution in [2.45, 2.75) is 6.61 Å². The van der Waals surface area contributed by atoms with Crippen molar-refractivity contribution < 1.29 is 4.74 Å². The van der Waals surface area contributed by atoms with E-state index in [0.29, 0.717) is 6.61 Å². The normalized spacial score (nSPS) is 10.9. The molecule has 0 aliphatic rings. The molecule has 0 N–H and O–H groups in total. The number of para-hydroxylation sites is 1. The van der Waals surface area contributed by atoms with Gasteiger partial charge in [-0.05, 0) is 48.5 Å². The summed E-state index contributed by atoms with van der Waals surface area (Å²) in [4.78, 5) is 13.2. The van der Waals surface area contributed by atoms with Crippen molar-refractivity contribution >= 4 is 10.9 Å². The highest BCUT2D eigenvalue weighted by molar-refractivity contribution is 5.78. The van der Waals surface area contributed by atoms with E-state index in [4.69, 9.17) is 4.74 Å². The van der Waals surface area contributed by atoms with E-state index < -0.39 is 0 Å². The molecule has 5 rings (SSSR count). The number of hydrogen-bond acceptors (Lipinski definition) is 4.